The van der Waals surface area contributed by atoms with Crippen molar-refractivity contribution in [2.24, 2.45) is 5.92 Å². The molecule has 0 aliphatic carbocycles. The predicted octanol–water partition coefficient (Wildman–Crippen LogP) is 4.15. The van der Waals surface area contributed by atoms with Gasteiger partial charge in [-0.25, -0.2) is 4.98 Å². The van der Waals surface area contributed by atoms with Crippen molar-refractivity contribution < 1.29 is 9.59 Å². The van der Waals surface area contributed by atoms with Crippen LogP contribution in [0.4, 0.5) is 0 Å². The summed E-state index contributed by atoms with van der Waals surface area (Å²) in [5, 5.41) is 4.37. The minimum atomic E-state index is -0.130. The summed E-state index contributed by atoms with van der Waals surface area (Å²) < 4.78 is 0. The largest absolute Gasteiger partial charge is 0.356 e. The van der Waals surface area contributed by atoms with E-state index in [-0.39, 0.29) is 17.7 Å². The van der Waals surface area contributed by atoms with Crippen molar-refractivity contribution in [2.45, 2.75) is 33.1 Å². The van der Waals surface area contributed by atoms with Crippen molar-refractivity contribution in [2.75, 3.05) is 19.6 Å². The van der Waals surface area contributed by atoms with Crippen LogP contribution in [0.25, 0.3) is 10.6 Å². The molecule has 0 spiro atoms. The van der Waals surface area contributed by atoms with Gasteiger partial charge in [0, 0.05) is 30.2 Å². The summed E-state index contributed by atoms with van der Waals surface area (Å²) in [5.41, 5.74) is 1.63. The maximum atomic E-state index is 13.1. The summed E-state index contributed by atoms with van der Waals surface area (Å²) in [6.45, 7) is 5.72. The topological polar surface area (TPSA) is 62.3 Å². The Morgan fingerprint density at radius 2 is 2.22 bits per heavy atom. The van der Waals surface area contributed by atoms with E-state index < -0.39 is 0 Å². The van der Waals surface area contributed by atoms with E-state index in [2.05, 4.69) is 10.3 Å². The minimum Gasteiger partial charge on any atom is -0.356 e. The smallest absolute Gasteiger partial charge is 0.265 e. The zero-order valence-electron chi connectivity index (χ0n) is 15.6. The number of benzene rings is 1. The van der Waals surface area contributed by atoms with Crippen molar-refractivity contribution in [3.05, 3.63) is 39.9 Å². The van der Waals surface area contributed by atoms with Crippen molar-refractivity contribution in [1.29, 1.82) is 0 Å². The SMILES string of the molecule is CCCNC(=O)C1CCCN(C(=O)c2sc(-c3cccc(Cl)c3)nc2C)C1. The number of likely N-dealkylation sites (tertiary alicyclic amines) is 1. The third kappa shape index (κ3) is 4.68. The lowest BCUT2D eigenvalue weighted by atomic mass is 9.97. The molecule has 3 rings (SSSR count). The number of thiazole rings is 1. The molecular weight excluding hydrogens is 382 g/mol. The number of aryl methyl sites for hydroxylation is 1. The standard InChI is InChI=1S/C20H24ClN3O2S/c1-3-9-22-18(25)15-7-5-10-24(12-15)20(26)17-13(2)23-19(27-17)14-6-4-8-16(21)11-14/h4,6,8,11,15H,3,5,7,9-10,12H2,1-2H3,(H,22,25). The molecular formula is C20H24ClN3O2S. The fourth-order valence-electron chi connectivity index (χ4n) is 3.25. The fourth-order valence-corrected chi connectivity index (χ4v) is 4.47. The van der Waals surface area contributed by atoms with Gasteiger partial charge in [0.2, 0.25) is 5.91 Å². The summed E-state index contributed by atoms with van der Waals surface area (Å²) in [7, 11) is 0. The molecule has 7 heteroatoms. The van der Waals surface area contributed by atoms with Crippen LogP contribution in [-0.2, 0) is 4.79 Å². The average Bonchev–Trinajstić information content (AvgIpc) is 3.07. The molecule has 0 radical (unpaired) electrons. The van der Waals surface area contributed by atoms with Gasteiger partial charge in [-0.2, -0.15) is 0 Å². The van der Waals surface area contributed by atoms with Crippen LogP contribution >= 0.6 is 22.9 Å². The molecule has 1 unspecified atom stereocenters. The predicted molar refractivity (Wildman–Crippen MR) is 109 cm³/mol. The first-order chi connectivity index (χ1) is 13.0. The Morgan fingerprint density at radius 1 is 1.41 bits per heavy atom. The molecule has 2 aromatic rings. The molecule has 1 fully saturated rings. The Balaban J connectivity index is 1.74. The third-order valence-electron chi connectivity index (χ3n) is 4.69. The van der Waals surface area contributed by atoms with Crippen molar-refractivity contribution in [1.82, 2.24) is 15.2 Å². The second-order valence-electron chi connectivity index (χ2n) is 6.83. The van der Waals surface area contributed by atoms with Gasteiger partial charge >= 0.3 is 0 Å². The van der Waals surface area contributed by atoms with E-state index in [4.69, 9.17) is 11.6 Å². The van der Waals surface area contributed by atoms with Crippen molar-refractivity contribution >= 4 is 34.8 Å². The van der Waals surface area contributed by atoms with Crippen LogP contribution in [-0.4, -0.2) is 41.3 Å². The lowest BCUT2D eigenvalue weighted by Crippen LogP contribution is -2.45. The number of halogens is 1. The van der Waals surface area contributed by atoms with E-state index in [0.717, 1.165) is 35.5 Å². The highest BCUT2D eigenvalue weighted by molar-refractivity contribution is 7.17. The van der Waals surface area contributed by atoms with Crippen molar-refractivity contribution in [3.63, 3.8) is 0 Å². The molecule has 1 aromatic heterocycles. The van der Waals surface area contributed by atoms with E-state index in [1.165, 1.54) is 11.3 Å². The summed E-state index contributed by atoms with van der Waals surface area (Å²) in [6, 6.07) is 7.48. The second-order valence-corrected chi connectivity index (χ2v) is 8.26. The number of nitrogens with zero attached hydrogens (tertiary/aromatic N) is 2. The van der Waals surface area contributed by atoms with Crippen LogP contribution in [0.2, 0.25) is 5.02 Å². The Morgan fingerprint density at radius 3 is 2.96 bits per heavy atom. The molecule has 1 atom stereocenters. The number of nitrogens with one attached hydrogen (secondary N) is 1. The van der Waals surface area contributed by atoms with E-state index in [1.54, 1.807) is 4.90 Å². The highest BCUT2D eigenvalue weighted by Crippen LogP contribution is 2.31. The first kappa shape index (κ1) is 19.8. The highest BCUT2D eigenvalue weighted by Gasteiger charge is 2.30. The van der Waals surface area contributed by atoms with Gasteiger partial charge in [0.1, 0.15) is 9.88 Å². The number of carbonyl (C=O) groups is 2. The second kappa shape index (κ2) is 8.85. The molecule has 144 valence electrons. The first-order valence-corrected chi connectivity index (χ1v) is 10.5. The van der Waals surface area contributed by atoms with E-state index in [0.29, 0.717) is 29.5 Å². The summed E-state index contributed by atoms with van der Waals surface area (Å²) in [4.78, 5) is 32.3. The minimum absolute atomic E-state index is 0.0359. The van der Waals surface area contributed by atoms with Gasteiger partial charge in [0.05, 0.1) is 11.6 Å². The highest BCUT2D eigenvalue weighted by atomic mass is 35.5. The molecule has 0 saturated carbocycles. The molecule has 0 bridgehead atoms. The average molecular weight is 406 g/mol. The molecule has 1 aromatic carbocycles. The third-order valence-corrected chi connectivity index (χ3v) is 6.12. The van der Waals surface area contributed by atoms with Crippen LogP contribution in [0.5, 0.6) is 0 Å². The Hall–Kier alpha value is -1.92. The number of piperidine rings is 1. The van der Waals surface area contributed by atoms with Gasteiger partial charge < -0.3 is 10.2 Å². The molecule has 5 nitrogen and oxygen atoms in total. The molecule has 27 heavy (non-hydrogen) atoms. The normalized spacial score (nSPS) is 17.0. The monoisotopic (exact) mass is 405 g/mol. The van der Waals surface area contributed by atoms with Crippen LogP contribution in [0.15, 0.2) is 24.3 Å². The Bertz CT molecular complexity index is 836. The lowest BCUT2D eigenvalue weighted by Gasteiger charge is -2.31. The molecule has 1 aliphatic rings. The lowest BCUT2D eigenvalue weighted by molar-refractivity contribution is -0.126. The maximum Gasteiger partial charge on any atom is 0.265 e. The quantitative estimate of drug-likeness (QED) is 0.812. The van der Waals surface area contributed by atoms with Gasteiger partial charge in [-0.1, -0.05) is 30.7 Å². The molecule has 2 amide bonds. The van der Waals surface area contributed by atoms with E-state index >= 15 is 0 Å². The molecule has 1 saturated heterocycles. The fraction of sp³-hybridized carbons (Fsp3) is 0.450. The van der Waals surface area contributed by atoms with Crippen LogP contribution < -0.4 is 5.32 Å². The van der Waals surface area contributed by atoms with Gasteiger partial charge in [0.25, 0.3) is 5.91 Å². The molecule has 1 aliphatic heterocycles. The van der Waals surface area contributed by atoms with Crippen LogP contribution in [0, 0.1) is 12.8 Å². The number of carbonyl (C=O) groups excluding carboxylic acids is 2. The molecule has 1 N–H and O–H groups in total. The van der Waals surface area contributed by atoms with Crippen LogP contribution in [0.1, 0.15) is 41.6 Å². The zero-order valence-corrected chi connectivity index (χ0v) is 17.2. The number of amides is 2. The van der Waals surface area contributed by atoms with Gasteiger partial charge in [-0.15, -0.1) is 11.3 Å². The van der Waals surface area contributed by atoms with E-state index in [1.807, 2.05) is 38.1 Å². The summed E-state index contributed by atoms with van der Waals surface area (Å²) in [5.74, 6) is -0.115. The first-order valence-electron chi connectivity index (χ1n) is 9.30. The number of aromatic nitrogens is 1. The molecule has 2 heterocycles. The Kier molecular flexibility index (Phi) is 6.50. The number of rotatable bonds is 5. The Labute approximate surface area is 168 Å². The number of hydrogen-bond donors (Lipinski definition) is 1. The van der Waals surface area contributed by atoms with Gasteiger partial charge in [0.15, 0.2) is 0 Å². The van der Waals surface area contributed by atoms with Gasteiger partial charge in [-0.05, 0) is 38.3 Å². The summed E-state index contributed by atoms with van der Waals surface area (Å²) in [6.07, 6.45) is 2.58. The number of hydrogen-bond acceptors (Lipinski definition) is 4. The van der Waals surface area contributed by atoms with E-state index in [9.17, 15) is 9.59 Å². The van der Waals surface area contributed by atoms with Crippen LogP contribution in [0.3, 0.4) is 0 Å². The summed E-state index contributed by atoms with van der Waals surface area (Å²) >= 11 is 7.46. The van der Waals surface area contributed by atoms with Crippen molar-refractivity contribution in [3.8, 4) is 10.6 Å². The van der Waals surface area contributed by atoms with Gasteiger partial charge in [-0.3, -0.25) is 9.59 Å². The maximum absolute atomic E-state index is 13.1. The zero-order chi connectivity index (χ0) is 19.4.